The summed E-state index contributed by atoms with van der Waals surface area (Å²) in [6, 6.07) is 15.3. The number of fused-ring (bicyclic) bond motifs is 1. The largest absolute Gasteiger partial charge is 0.482 e. The Bertz CT molecular complexity index is 1340. The van der Waals surface area contributed by atoms with Crippen LogP contribution in [0.25, 0.3) is 11.3 Å². The first kappa shape index (κ1) is 19.7. The summed E-state index contributed by atoms with van der Waals surface area (Å²) >= 11 is 7.82. The molecule has 0 fully saturated rings. The van der Waals surface area contributed by atoms with Crippen molar-refractivity contribution >= 4 is 40.2 Å². The smallest absolute Gasteiger partial charge is 0.262 e. The molecule has 0 saturated heterocycles. The summed E-state index contributed by atoms with van der Waals surface area (Å²) in [5, 5.41) is 5.59. The maximum absolute atomic E-state index is 11.7. The Morgan fingerprint density at radius 3 is 2.94 bits per heavy atom. The van der Waals surface area contributed by atoms with Gasteiger partial charge in [0.05, 0.1) is 29.9 Å². The number of anilines is 1. The molecule has 31 heavy (non-hydrogen) atoms. The Balaban J connectivity index is 1.62. The Kier molecular flexibility index (Phi) is 5.13. The second-order valence-electron chi connectivity index (χ2n) is 7.16. The van der Waals surface area contributed by atoms with Crippen molar-refractivity contribution in [2.75, 3.05) is 11.9 Å². The van der Waals surface area contributed by atoms with Crippen LogP contribution in [0.4, 0.5) is 11.4 Å². The molecule has 0 saturated carbocycles. The Labute approximate surface area is 187 Å². The van der Waals surface area contributed by atoms with Crippen LogP contribution in [-0.2, 0) is 11.3 Å². The zero-order valence-corrected chi connectivity index (χ0v) is 18.2. The first-order chi connectivity index (χ1) is 15.1. The fraction of sp³-hybridized carbons (Fsp3) is 0.130. The summed E-state index contributed by atoms with van der Waals surface area (Å²) in [4.78, 5) is 17.4. The van der Waals surface area contributed by atoms with Gasteiger partial charge in [0.1, 0.15) is 11.5 Å². The minimum absolute atomic E-state index is 0.0332. The molecule has 156 valence electrons. The molecule has 2 aromatic heterocycles. The molecule has 0 bridgehead atoms. The number of aryl methyl sites for hydroxylation is 1. The van der Waals surface area contributed by atoms with Gasteiger partial charge in [-0.25, -0.2) is 4.99 Å². The zero-order valence-electron chi connectivity index (χ0n) is 16.6. The van der Waals surface area contributed by atoms with Crippen LogP contribution in [0, 0.1) is 6.92 Å². The van der Waals surface area contributed by atoms with Gasteiger partial charge in [0, 0.05) is 16.0 Å². The molecule has 1 N–H and O–H groups in total. The van der Waals surface area contributed by atoms with Gasteiger partial charge in [-0.3, -0.25) is 4.79 Å². The molecule has 1 aliphatic heterocycles. The number of nitrogens with one attached hydrogen (secondary N) is 1. The molecule has 4 aromatic rings. The Morgan fingerprint density at radius 1 is 1.23 bits per heavy atom. The molecule has 5 rings (SSSR count). The first-order valence-corrected chi connectivity index (χ1v) is 10.9. The fourth-order valence-electron chi connectivity index (χ4n) is 3.36. The lowest BCUT2D eigenvalue weighted by Crippen LogP contribution is -2.25. The average Bonchev–Trinajstić information content (AvgIpc) is 3.41. The predicted octanol–water partition coefficient (Wildman–Crippen LogP) is 5.38. The molecule has 0 radical (unpaired) electrons. The van der Waals surface area contributed by atoms with Crippen molar-refractivity contribution in [3.05, 3.63) is 81.3 Å². The third-order valence-corrected chi connectivity index (χ3v) is 6.25. The molecule has 1 aliphatic rings. The summed E-state index contributed by atoms with van der Waals surface area (Å²) in [7, 11) is 0. The van der Waals surface area contributed by atoms with Crippen LogP contribution in [-0.4, -0.2) is 17.1 Å². The molecule has 0 atom stereocenters. The number of benzene rings is 2. The van der Waals surface area contributed by atoms with E-state index >= 15 is 0 Å². The van der Waals surface area contributed by atoms with E-state index in [2.05, 4.69) is 9.88 Å². The van der Waals surface area contributed by atoms with Crippen LogP contribution in [0.3, 0.4) is 0 Å². The van der Waals surface area contributed by atoms with Crippen molar-refractivity contribution in [2.24, 2.45) is 4.99 Å². The van der Waals surface area contributed by atoms with Crippen molar-refractivity contribution in [1.29, 1.82) is 0 Å². The number of nitrogens with zero attached hydrogens (tertiary/aromatic N) is 2. The predicted molar refractivity (Wildman–Crippen MR) is 121 cm³/mol. The third kappa shape index (κ3) is 4.02. The van der Waals surface area contributed by atoms with Crippen molar-refractivity contribution in [3.8, 4) is 17.0 Å². The second-order valence-corrected chi connectivity index (χ2v) is 8.41. The third-order valence-electron chi connectivity index (χ3n) is 4.98. The average molecular weight is 452 g/mol. The maximum atomic E-state index is 11.7. The number of hydrogen-bond acceptors (Lipinski definition) is 5. The van der Waals surface area contributed by atoms with Gasteiger partial charge in [0.25, 0.3) is 5.91 Å². The van der Waals surface area contributed by atoms with E-state index in [0.717, 1.165) is 33.1 Å². The van der Waals surface area contributed by atoms with Crippen LogP contribution in [0.2, 0.25) is 5.02 Å². The van der Waals surface area contributed by atoms with Gasteiger partial charge < -0.3 is 19.0 Å². The monoisotopic (exact) mass is 451 g/mol. The van der Waals surface area contributed by atoms with E-state index in [1.807, 2.05) is 60.8 Å². The highest BCUT2D eigenvalue weighted by atomic mass is 35.5. The summed E-state index contributed by atoms with van der Waals surface area (Å²) < 4.78 is 13.2. The molecule has 1 amide bonds. The minimum atomic E-state index is -0.162. The highest BCUT2D eigenvalue weighted by molar-refractivity contribution is 7.07. The van der Waals surface area contributed by atoms with Crippen molar-refractivity contribution in [1.82, 2.24) is 4.57 Å². The van der Waals surface area contributed by atoms with Crippen molar-refractivity contribution < 1.29 is 13.9 Å². The summed E-state index contributed by atoms with van der Waals surface area (Å²) in [5.74, 6) is 1.32. The van der Waals surface area contributed by atoms with Crippen LogP contribution in [0.1, 0.15) is 11.3 Å². The van der Waals surface area contributed by atoms with Crippen LogP contribution < -0.4 is 14.9 Å². The van der Waals surface area contributed by atoms with E-state index in [1.54, 1.807) is 6.26 Å². The van der Waals surface area contributed by atoms with Gasteiger partial charge >= 0.3 is 0 Å². The number of carbonyl (C=O) groups excluding carboxylic acids is 1. The molecule has 8 heteroatoms. The molecule has 2 aromatic carbocycles. The number of amides is 1. The normalized spacial score (nSPS) is 13.6. The number of carbonyl (C=O) groups is 1. The number of ether oxygens (including phenoxy) is 1. The van der Waals surface area contributed by atoms with Crippen LogP contribution in [0.15, 0.2) is 69.6 Å². The summed E-state index contributed by atoms with van der Waals surface area (Å²) in [5.41, 5.74) is 4.35. The first-order valence-electron chi connectivity index (χ1n) is 9.65. The number of rotatable bonds is 4. The van der Waals surface area contributed by atoms with Crippen molar-refractivity contribution in [2.45, 2.75) is 13.5 Å². The van der Waals surface area contributed by atoms with E-state index in [1.165, 1.54) is 11.3 Å². The fourth-order valence-corrected chi connectivity index (χ4v) is 4.47. The van der Waals surface area contributed by atoms with Gasteiger partial charge in [-0.15, -0.1) is 11.3 Å². The lowest BCUT2D eigenvalue weighted by atomic mass is 10.1. The van der Waals surface area contributed by atoms with E-state index in [0.29, 0.717) is 23.0 Å². The standard InChI is InChI=1S/C23H18ClN3O3S/c1-14-4-6-16(10-18(14)24)25-23-27(11-17-3-2-8-29-17)20(13-31-23)15-5-7-21-19(9-15)26-22(28)12-30-21/h2-10,13H,11-12H2,1H3,(H,26,28). The summed E-state index contributed by atoms with van der Waals surface area (Å²) in [6.45, 7) is 2.51. The molecule has 0 spiro atoms. The topological polar surface area (TPSA) is 68.8 Å². The van der Waals surface area contributed by atoms with E-state index in [9.17, 15) is 4.79 Å². The van der Waals surface area contributed by atoms with Crippen LogP contribution in [0.5, 0.6) is 5.75 Å². The Hall–Kier alpha value is -3.29. The number of thiazole rings is 1. The lowest BCUT2D eigenvalue weighted by Gasteiger charge is -2.18. The second kappa shape index (κ2) is 8.09. The Morgan fingerprint density at radius 2 is 2.13 bits per heavy atom. The molecular weight excluding hydrogens is 434 g/mol. The molecule has 0 aliphatic carbocycles. The number of halogens is 1. The van der Waals surface area contributed by atoms with Gasteiger partial charge in [-0.05, 0) is 55.0 Å². The number of hydrogen-bond donors (Lipinski definition) is 1. The highest BCUT2D eigenvalue weighted by Crippen LogP contribution is 2.33. The number of furan rings is 1. The maximum Gasteiger partial charge on any atom is 0.262 e. The lowest BCUT2D eigenvalue weighted by molar-refractivity contribution is -0.118. The van der Waals surface area contributed by atoms with Gasteiger partial charge in [0.2, 0.25) is 0 Å². The van der Waals surface area contributed by atoms with Gasteiger partial charge in [0.15, 0.2) is 11.4 Å². The minimum Gasteiger partial charge on any atom is -0.482 e. The van der Waals surface area contributed by atoms with E-state index < -0.39 is 0 Å². The SMILES string of the molecule is Cc1ccc(N=c2scc(-c3ccc4c(c3)NC(=O)CO4)n2Cc2ccco2)cc1Cl. The highest BCUT2D eigenvalue weighted by Gasteiger charge is 2.18. The molecule has 6 nitrogen and oxygen atoms in total. The number of aromatic nitrogens is 1. The van der Waals surface area contributed by atoms with E-state index in [-0.39, 0.29) is 12.5 Å². The quantitative estimate of drug-likeness (QED) is 0.452. The molecular formula is C23H18ClN3O3S. The summed E-state index contributed by atoms with van der Waals surface area (Å²) in [6.07, 6.45) is 1.66. The molecule has 0 unspecified atom stereocenters. The van der Waals surface area contributed by atoms with Crippen molar-refractivity contribution in [3.63, 3.8) is 0 Å². The molecule has 3 heterocycles. The van der Waals surface area contributed by atoms with Gasteiger partial charge in [-0.2, -0.15) is 0 Å². The van der Waals surface area contributed by atoms with Crippen LogP contribution >= 0.6 is 22.9 Å². The van der Waals surface area contributed by atoms with E-state index in [4.69, 9.17) is 25.7 Å². The zero-order chi connectivity index (χ0) is 21.4. The van der Waals surface area contributed by atoms with Gasteiger partial charge in [-0.1, -0.05) is 17.7 Å².